The van der Waals surface area contributed by atoms with Gasteiger partial charge < -0.3 is 10.2 Å². The Morgan fingerprint density at radius 3 is 2.47 bits per heavy atom. The van der Waals surface area contributed by atoms with Crippen LogP contribution in [0.2, 0.25) is 5.02 Å². The second kappa shape index (κ2) is 8.88. The molecule has 154 valence electrons. The second-order valence-corrected chi connectivity index (χ2v) is 8.31. The van der Waals surface area contributed by atoms with Crippen LogP contribution in [-0.4, -0.2) is 29.8 Å². The highest BCUT2D eigenvalue weighted by atomic mass is 35.5. The summed E-state index contributed by atoms with van der Waals surface area (Å²) in [6.07, 6.45) is 1.34. The maximum absolute atomic E-state index is 13.1. The SMILES string of the molecule is CC(NC(=O)C1CCN(C(=O)c2cccc3ccccc23)CC1)c1cccc(Cl)c1. The molecule has 0 bridgehead atoms. The number of fused-ring (bicyclic) bond motifs is 1. The summed E-state index contributed by atoms with van der Waals surface area (Å²) in [5.74, 6) is 0.000825. The first-order valence-corrected chi connectivity index (χ1v) is 10.7. The zero-order valence-corrected chi connectivity index (χ0v) is 17.7. The quantitative estimate of drug-likeness (QED) is 0.628. The number of carbonyl (C=O) groups excluding carboxylic acids is 2. The molecule has 1 saturated heterocycles. The fourth-order valence-electron chi connectivity index (χ4n) is 4.12. The molecule has 1 unspecified atom stereocenters. The van der Waals surface area contributed by atoms with Crippen LogP contribution in [0.3, 0.4) is 0 Å². The van der Waals surface area contributed by atoms with Gasteiger partial charge in [0.1, 0.15) is 0 Å². The molecule has 3 aromatic rings. The molecule has 0 radical (unpaired) electrons. The van der Waals surface area contributed by atoms with Crippen molar-refractivity contribution in [2.24, 2.45) is 5.92 Å². The molecule has 0 spiro atoms. The van der Waals surface area contributed by atoms with Crippen molar-refractivity contribution in [3.05, 3.63) is 82.9 Å². The van der Waals surface area contributed by atoms with E-state index in [1.165, 1.54) is 0 Å². The highest BCUT2D eigenvalue weighted by Crippen LogP contribution is 2.25. The molecule has 4 nitrogen and oxygen atoms in total. The lowest BCUT2D eigenvalue weighted by Gasteiger charge is -2.32. The fourth-order valence-corrected chi connectivity index (χ4v) is 4.32. The van der Waals surface area contributed by atoms with Gasteiger partial charge in [-0.05, 0) is 54.3 Å². The lowest BCUT2D eigenvalue weighted by molar-refractivity contribution is -0.126. The van der Waals surface area contributed by atoms with Crippen molar-refractivity contribution >= 4 is 34.2 Å². The van der Waals surface area contributed by atoms with E-state index in [4.69, 9.17) is 11.6 Å². The van der Waals surface area contributed by atoms with Crippen molar-refractivity contribution in [1.29, 1.82) is 0 Å². The molecule has 3 aromatic carbocycles. The average molecular weight is 421 g/mol. The van der Waals surface area contributed by atoms with Crippen LogP contribution < -0.4 is 5.32 Å². The smallest absolute Gasteiger partial charge is 0.254 e. The predicted octanol–water partition coefficient (Wildman–Crippen LogP) is 5.22. The van der Waals surface area contributed by atoms with Crippen LogP contribution in [0.25, 0.3) is 10.8 Å². The predicted molar refractivity (Wildman–Crippen MR) is 121 cm³/mol. The van der Waals surface area contributed by atoms with Crippen molar-refractivity contribution in [1.82, 2.24) is 10.2 Å². The van der Waals surface area contributed by atoms with Crippen molar-refractivity contribution in [3.63, 3.8) is 0 Å². The normalized spacial score (nSPS) is 15.7. The number of hydrogen-bond donors (Lipinski definition) is 1. The lowest BCUT2D eigenvalue weighted by Crippen LogP contribution is -2.43. The summed E-state index contributed by atoms with van der Waals surface area (Å²) in [7, 11) is 0. The molecule has 1 aliphatic rings. The molecule has 1 heterocycles. The molecular weight excluding hydrogens is 396 g/mol. The first-order chi connectivity index (χ1) is 14.5. The van der Waals surface area contributed by atoms with Crippen LogP contribution in [0, 0.1) is 5.92 Å². The van der Waals surface area contributed by atoms with Crippen LogP contribution >= 0.6 is 11.6 Å². The van der Waals surface area contributed by atoms with Gasteiger partial charge in [-0.1, -0.05) is 60.1 Å². The first-order valence-electron chi connectivity index (χ1n) is 10.4. The summed E-state index contributed by atoms with van der Waals surface area (Å²) in [6, 6.07) is 21.2. The van der Waals surface area contributed by atoms with Gasteiger partial charge in [-0.2, -0.15) is 0 Å². The standard InChI is InChI=1S/C25H25ClN2O2/c1-17(20-8-4-9-21(26)16-20)27-24(29)19-12-14-28(15-13-19)25(30)23-11-5-7-18-6-2-3-10-22(18)23/h2-11,16-17,19H,12-15H2,1H3,(H,27,29). The van der Waals surface area contributed by atoms with E-state index in [1.54, 1.807) is 0 Å². The third-order valence-electron chi connectivity index (χ3n) is 5.88. The minimum atomic E-state index is -0.105. The molecular formula is C25H25ClN2O2. The van der Waals surface area contributed by atoms with Crippen LogP contribution in [-0.2, 0) is 4.79 Å². The van der Waals surface area contributed by atoms with Crippen LogP contribution in [0.5, 0.6) is 0 Å². The minimum absolute atomic E-state index is 0.0398. The number of piperidine rings is 1. The number of rotatable bonds is 4. The maximum Gasteiger partial charge on any atom is 0.254 e. The van der Waals surface area contributed by atoms with E-state index in [9.17, 15) is 9.59 Å². The molecule has 1 N–H and O–H groups in total. The minimum Gasteiger partial charge on any atom is -0.349 e. The summed E-state index contributed by atoms with van der Waals surface area (Å²) in [6.45, 7) is 3.14. The van der Waals surface area contributed by atoms with Crippen molar-refractivity contribution in [2.75, 3.05) is 13.1 Å². The van der Waals surface area contributed by atoms with Gasteiger partial charge in [0.05, 0.1) is 6.04 Å². The number of likely N-dealkylation sites (tertiary alicyclic amines) is 1. The Balaban J connectivity index is 1.37. The molecule has 1 atom stereocenters. The second-order valence-electron chi connectivity index (χ2n) is 7.88. The first kappa shape index (κ1) is 20.4. The lowest BCUT2D eigenvalue weighted by atomic mass is 9.94. The van der Waals surface area contributed by atoms with E-state index in [1.807, 2.05) is 78.6 Å². The summed E-state index contributed by atoms with van der Waals surface area (Å²) in [4.78, 5) is 27.7. The molecule has 0 aromatic heterocycles. The Morgan fingerprint density at radius 1 is 1.00 bits per heavy atom. The Labute approximate surface area is 181 Å². The summed E-state index contributed by atoms with van der Waals surface area (Å²) in [5.41, 5.74) is 1.71. The zero-order valence-electron chi connectivity index (χ0n) is 17.0. The molecule has 4 rings (SSSR count). The van der Waals surface area contributed by atoms with Crippen LogP contribution in [0.4, 0.5) is 0 Å². The number of amides is 2. The van der Waals surface area contributed by atoms with Crippen molar-refractivity contribution in [2.45, 2.75) is 25.8 Å². The van der Waals surface area contributed by atoms with E-state index < -0.39 is 0 Å². The molecule has 0 saturated carbocycles. The number of nitrogens with one attached hydrogen (secondary N) is 1. The van der Waals surface area contributed by atoms with E-state index in [-0.39, 0.29) is 23.8 Å². The monoisotopic (exact) mass is 420 g/mol. The summed E-state index contributed by atoms with van der Waals surface area (Å²) < 4.78 is 0. The topological polar surface area (TPSA) is 49.4 Å². The highest BCUT2D eigenvalue weighted by Gasteiger charge is 2.29. The molecule has 1 fully saturated rings. The number of carbonyl (C=O) groups is 2. The number of nitrogens with zero attached hydrogens (tertiary/aromatic N) is 1. The van der Waals surface area contributed by atoms with E-state index in [0.717, 1.165) is 21.9 Å². The van der Waals surface area contributed by atoms with Crippen molar-refractivity contribution < 1.29 is 9.59 Å². The van der Waals surface area contributed by atoms with Gasteiger partial charge in [-0.25, -0.2) is 0 Å². The van der Waals surface area contributed by atoms with Gasteiger partial charge in [-0.15, -0.1) is 0 Å². The number of benzene rings is 3. The number of halogens is 1. The molecule has 5 heteroatoms. The molecule has 2 amide bonds. The largest absolute Gasteiger partial charge is 0.349 e. The summed E-state index contributed by atoms with van der Waals surface area (Å²) in [5, 5.41) is 5.79. The van der Waals surface area contributed by atoms with Gasteiger partial charge in [0.15, 0.2) is 0 Å². The van der Waals surface area contributed by atoms with Gasteiger partial charge in [0.25, 0.3) is 5.91 Å². The van der Waals surface area contributed by atoms with Crippen LogP contribution in [0.15, 0.2) is 66.7 Å². The van der Waals surface area contributed by atoms with Gasteiger partial charge in [0, 0.05) is 29.6 Å². The Bertz CT molecular complexity index is 1070. The third-order valence-corrected chi connectivity index (χ3v) is 6.12. The molecule has 30 heavy (non-hydrogen) atoms. The van der Waals surface area contributed by atoms with E-state index in [0.29, 0.717) is 31.0 Å². The zero-order chi connectivity index (χ0) is 21.1. The Hall–Kier alpha value is -2.85. The van der Waals surface area contributed by atoms with Gasteiger partial charge >= 0.3 is 0 Å². The van der Waals surface area contributed by atoms with E-state index >= 15 is 0 Å². The van der Waals surface area contributed by atoms with Crippen LogP contribution in [0.1, 0.15) is 41.7 Å². The number of hydrogen-bond acceptors (Lipinski definition) is 2. The van der Waals surface area contributed by atoms with Crippen molar-refractivity contribution in [3.8, 4) is 0 Å². The Kier molecular flexibility index (Phi) is 6.05. The average Bonchev–Trinajstić information content (AvgIpc) is 2.78. The molecule has 0 aliphatic carbocycles. The third kappa shape index (κ3) is 4.34. The van der Waals surface area contributed by atoms with Gasteiger partial charge in [-0.3, -0.25) is 9.59 Å². The Morgan fingerprint density at radius 2 is 1.70 bits per heavy atom. The van der Waals surface area contributed by atoms with E-state index in [2.05, 4.69) is 5.32 Å². The molecule has 1 aliphatic heterocycles. The summed E-state index contributed by atoms with van der Waals surface area (Å²) >= 11 is 6.06. The fraction of sp³-hybridized carbons (Fsp3) is 0.280. The maximum atomic E-state index is 13.1. The van der Waals surface area contributed by atoms with Gasteiger partial charge in [0.2, 0.25) is 5.91 Å². The highest BCUT2D eigenvalue weighted by molar-refractivity contribution is 6.30.